The molecule has 39 heavy (non-hydrogen) atoms. The fraction of sp³-hybridized carbons (Fsp3) is 0.407. The number of likely N-dealkylation sites (N-methyl/N-ethyl adjacent to an activating group) is 1. The molecule has 0 aliphatic carbocycles. The number of halogens is 2. The normalized spacial score (nSPS) is 19.7. The lowest BCUT2D eigenvalue weighted by molar-refractivity contribution is -0.135. The van der Waals surface area contributed by atoms with Crippen LogP contribution < -0.4 is 0 Å². The number of rotatable bonds is 4. The van der Waals surface area contributed by atoms with E-state index in [0.717, 1.165) is 5.69 Å². The van der Waals surface area contributed by atoms with Crippen molar-refractivity contribution in [3.63, 3.8) is 0 Å². The van der Waals surface area contributed by atoms with Crippen LogP contribution in [0.15, 0.2) is 36.7 Å². The molecule has 5 heterocycles. The van der Waals surface area contributed by atoms with Gasteiger partial charge in [0, 0.05) is 48.3 Å². The maximum absolute atomic E-state index is 14.3. The quantitative estimate of drug-likeness (QED) is 0.374. The van der Waals surface area contributed by atoms with Crippen molar-refractivity contribution in [3.05, 3.63) is 53.7 Å². The van der Waals surface area contributed by atoms with E-state index in [4.69, 9.17) is 4.98 Å². The van der Waals surface area contributed by atoms with Crippen LogP contribution in [-0.4, -0.2) is 62.1 Å². The van der Waals surface area contributed by atoms with Crippen LogP contribution in [0.2, 0.25) is 0 Å². The molecule has 2 aliphatic heterocycles. The average Bonchev–Trinajstić information content (AvgIpc) is 3.50. The van der Waals surface area contributed by atoms with Crippen LogP contribution in [0.25, 0.3) is 33.4 Å². The van der Waals surface area contributed by atoms with Gasteiger partial charge in [-0.2, -0.15) is 5.10 Å². The summed E-state index contributed by atoms with van der Waals surface area (Å²) in [6, 6.07) is 6.39. The predicted molar refractivity (Wildman–Crippen MR) is 142 cm³/mol. The van der Waals surface area contributed by atoms with E-state index in [-0.39, 0.29) is 34.6 Å². The molecule has 4 aromatic rings. The number of amides is 1. The maximum Gasteiger partial charge on any atom is 0.265 e. The first-order valence-corrected chi connectivity index (χ1v) is 14.6. The number of hydrogen-bond donors (Lipinski definition) is 0. The second-order valence-electron chi connectivity index (χ2n) is 10.4. The topological polar surface area (TPSA) is 103 Å². The molecule has 204 valence electrons. The van der Waals surface area contributed by atoms with E-state index in [1.807, 2.05) is 23.6 Å². The molecule has 1 aromatic carbocycles. The number of imidazole rings is 1. The molecular formula is C27H28F2N6O3S. The molecule has 1 amide bonds. The second-order valence-corrected chi connectivity index (χ2v) is 12.7. The van der Waals surface area contributed by atoms with Crippen molar-refractivity contribution < 1.29 is 22.0 Å². The Balaban J connectivity index is 1.56. The van der Waals surface area contributed by atoms with Gasteiger partial charge in [-0.25, -0.2) is 27.2 Å². The number of carbonyl (C=O) groups is 1. The van der Waals surface area contributed by atoms with Crippen LogP contribution in [0.5, 0.6) is 0 Å². The minimum absolute atomic E-state index is 0.0585. The lowest BCUT2D eigenvalue weighted by atomic mass is 9.99. The number of aryl methyl sites for hydroxylation is 1. The van der Waals surface area contributed by atoms with Gasteiger partial charge < -0.3 is 9.47 Å². The van der Waals surface area contributed by atoms with E-state index in [1.54, 1.807) is 35.9 Å². The summed E-state index contributed by atoms with van der Waals surface area (Å²) in [5, 5.41) is 4.65. The number of carbonyl (C=O) groups excluding carboxylic acids is 1. The lowest BCUT2D eigenvalue weighted by Crippen LogP contribution is -2.40. The van der Waals surface area contributed by atoms with Gasteiger partial charge in [-0.1, -0.05) is 12.1 Å². The van der Waals surface area contributed by atoms with E-state index < -0.39 is 22.3 Å². The van der Waals surface area contributed by atoms with Crippen LogP contribution in [0, 0.1) is 0 Å². The van der Waals surface area contributed by atoms with Crippen molar-refractivity contribution in [2.75, 3.05) is 18.6 Å². The maximum atomic E-state index is 14.3. The molecule has 0 radical (unpaired) electrons. The van der Waals surface area contributed by atoms with Crippen LogP contribution in [-0.2, 0) is 28.2 Å². The van der Waals surface area contributed by atoms with E-state index in [0.29, 0.717) is 52.9 Å². The van der Waals surface area contributed by atoms with Crippen LogP contribution in [0.4, 0.5) is 8.78 Å². The summed E-state index contributed by atoms with van der Waals surface area (Å²) in [4.78, 5) is 24.2. The number of hydrogen-bond acceptors (Lipinski definition) is 6. The van der Waals surface area contributed by atoms with E-state index >= 15 is 0 Å². The molecular weight excluding hydrogens is 526 g/mol. The van der Waals surface area contributed by atoms with E-state index in [2.05, 4.69) is 10.1 Å². The van der Waals surface area contributed by atoms with Crippen molar-refractivity contribution in [1.29, 1.82) is 0 Å². The fourth-order valence-electron chi connectivity index (χ4n) is 5.81. The Kier molecular flexibility index (Phi) is 6.05. The summed E-state index contributed by atoms with van der Waals surface area (Å²) in [5.74, 6) is 0.642. The van der Waals surface area contributed by atoms with Crippen molar-refractivity contribution in [2.24, 2.45) is 7.05 Å². The molecule has 1 atom stereocenters. The highest BCUT2D eigenvalue weighted by Gasteiger charge is 2.37. The largest absolute Gasteiger partial charge is 0.338 e. The molecule has 12 heteroatoms. The number of fused-ring (bicyclic) bond motifs is 2. The van der Waals surface area contributed by atoms with Crippen LogP contribution in [0.1, 0.15) is 55.2 Å². The molecule has 1 fully saturated rings. The second kappa shape index (κ2) is 9.22. The highest BCUT2D eigenvalue weighted by Crippen LogP contribution is 2.41. The minimum atomic E-state index is -3.09. The van der Waals surface area contributed by atoms with Gasteiger partial charge >= 0.3 is 0 Å². The zero-order valence-electron chi connectivity index (χ0n) is 21.8. The zero-order valence-corrected chi connectivity index (χ0v) is 22.6. The van der Waals surface area contributed by atoms with Gasteiger partial charge in [-0.15, -0.1) is 0 Å². The standard InChI is InChI=1S/C27H28F2N6O3S/c1-15-27(36)33(2)14-22-24(32-26(35(15)22)16-7-9-39(37,38)10-8-16)18-5-4-6-21-19(18)11-20(25(28)29)23(31-21)17-12-30-34(3)13-17/h4-6,11-13,15-16,25H,7-10,14H2,1-3H3/t15-/m0/s1. The Morgan fingerprint density at radius 1 is 1.08 bits per heavy atom. The number of nitrogens with zero attached hydrogens (tertiary/aromatic N) is 6. The fourth-order valence-corrected chi connectivity index (χ4v) is 7.30. The van der Waals surface area contributed by atoms with Gasteiger partial charge in [0.15, 0.2) is 0 Å². The average molecular weight is 555 g/mol. The predicted octanol–water partition coefficient (Wildman–Crippen LogP) is 4.26. The van der Waals surface area contributed by atoms with Gasteiger partial charge in [0.1, 0.15) is 21.7 Å². The molecule has 0 spiro atoms. The molecule has 0 bridgehead atoms. The van der Waals surface area contributed by atoms with E-state index in [9.17, 15) is 22.0 Å². The Morgan fingerprint density at radius 3 is 2.49 bits per heavy atom. The third-order valence-corrected chi connectivity index (χ3v) is 9.54. The first kappa shape index (κ1) is 25.6. The van der Waals surface area contributed by atoms with Crippen molar-refractivity contribution in [1.82, 2.24) is 29.2 Å². The Hall–Kier alpha value is -3.67. The van der Waals surface area contributed by atoms with Crippen LogP contribution >= 0.6 is 0 Å². The van der Waals surface area contributed by atoms with E-state index in [1.165, 1.54) is 12.3 Å². The summed E-state index contributed by atoms with van der Waals surface area (Å²) in [6.07, 6.45) is 1.26. The van der Waals surface area contributed by atoms with Gasteiger partial charge in [-0.3, -0.25) is 9.48 Å². The number of sulfone groups is 1. The van der Waals surface area contributed by atoms with Crippen molar-refractivity contribution in [2.45, 2.75) is 44.7 Å². The first-order chi connectivity index (χ1) is 18.5. The Bertz CT molecular complexity index is 1710. The van der Waals surface area contributed by atoms with Gasteiger partial charge in [0.25, 0.3) is 6.43 Å². The summed E-state index contributed by atoms with van der Waals surface area (Å²) < 4.78 is 56.3. The summed E-state index contributed by atoms with van der Waals surface area (Å²) in [7, 11) is 0.357. The van der Waals surface area contributed by atoms with Crippen molar-refractivity contribution in [3.8, 4) is 22.5 Å². The summed E-state index contributed by atoms with van der Waals surface area (Å²) in [6.45, 7) is 2.12. The number of benzene rings is 1. The Morgan fingerprint density at radius 2 is 1.82 bits per heavy atom. The smallest absolute Gasteiger partial charge is 0.265 e. The lowest BCUT2D eigenvalue weighted by Gasteiger charge is -2.32. The summed E-state index contributed by atoms with van der Waals surface area (Å²) in [5.41, 5.74) is 3.07. The molecule has 9 nitrogen and oxygen atoms in total. The third kappa shape index (κ3) is 4.30. The Labute approximate surface area is 224 Å². The zero-order chi connectivity index (χ0) is 27.6. The molecule has 1 saturated heterocycles. The molecule has 0 saturated carbocycles. The minimum Gasteiger partial charge on any atom is -0.338 e. The van der Waals surface area contributed by atoms with Gasteiger partial charge in [0.05, 0.1) is 46.8 Å². The number of pyridine rings is 1. The molecule has 6 rings (SSSR count). The third-order valence-electron chi connectivity index (χ3n) is 7.82. The first-order valence-electron chi connectivity index (χ1n) is 12.8. The molecule has 3 aromatic heterocycles. The molecule has 0 unspecified atom stereocenters. The number of aromatic nitrogens is 5. The highest BCUT2D eigenvalue weighted by atomic mass is 32.2. The summed E-state index contributed by atoms with van der Waals surface area (Å²) >= 11 is 0. The molecule has 2 aliphatic rings. The highest BCUT2D eigenvalue weighted by molar-refractivity contribution is 7.91. The SMILES string of the molecule is C[C@H]1C(=O)N(C)Cc2c(-c3cccc4nc(-c5cnn(C)c5)c(C(F)F)cc34)nc(C3CCS(=O)(=O)CC3)n21. The van der Waals surface area contributed by atoms with Crippen LogP contribution in [0.3, 0.4) is 0 Å². The number of alkyl halides is 2. The van der Waals surface area contributed by atoms with Crippen molar-refractivity contribution >= 4 is 26.6 Å². The molecule has 0 N–H and O–H groups in total. The monoisotopic (exact) mass is 554 g/mol. The van der Waals surface area contributed by atoms with Gasteiger partial charge in [0.2, 0.25) is 5.91 Å². The van der Waals surface area contributed by atoms with Gasteiger partial charge in [-0.05, 0) is 31.9 Å².